The van der Waals surface area contributed by atoms with Crippen molar-refractivity contribution in [1.82, 2.24) is 10.3 Å². The van der Waals surface area contributed by atoms with Crippen molar-refractivity contribution in [2.24, 2.45) is 5.92 Å². The van der Waals surface area contributed by atoms with Crippen LogP contribution < -0.4 is 10.9 Å². The molecule has 2 rings (SSSR count). The maximum absolute atomic E-state index is 12.5. The summed E-state index contributed by atoms with van der Waals surface area (Å²) < 4.78 is 0. The van der Waals surface area contributed by atoms with Gasteiger partial charge in [0, 0.05) is 18.2 Å². The zero-order valence-electron chi connectivity index (χ0n) is 15.7. The second-order valence-corrected chi connectivity index (χ2v) is 7.04. The summed E-state index contributed by atoms with van der Waals surface area (Å²) in [7, 11) is 0. The van der Waals surface area contributed by atoms with Crippen molar-refractivity contribution in [2.45, 2.75) is 64.8 Å². The molecule has 1 aliphatic carbocycles. The molecule has 0 spiro atoms. The van der Waals surface area contributed by atoms with Crippen LogP contribution in [0.1, 0.15) is 60.9 Å². The highest BCUT2D eigenvalue weighted by Crippen LogP contribution is 2.19. The number of amides is 1. The lowest BCUT2D eigenvalue weighted by molar-refractivity contribution is -0.132. The molecule has 2 N–H and O–H groups in total. The first-order valence-electron chi connectivity index (χ1n) is 9.24. The number of carbonyl (C=O) groups is 2. The summed E-state index contributed by atoms with van der Waals surface area (Å²) in [6, 6.07) is 3.73. The van der Waals surface area contributed by atoms with Gasteiger partial charge in [-0.2, -0.15) is 10.5 Å². The molecule has 27 heavy (non-hydrogen) atoms. The van der Waals surface area contributed by atoms with E-state index in [1.807, 2.05) is 12.1 Å². The highest BCUT2D eigenvalue weighted by Gasteiger charge is 2.28. The summed E-state index contributed by atoms with van der Waals surface area (Å²) in [6.07, 6.45) is 5.25. The largest absolute Gasteiger partial charge is 0.352 e. The molecule has 0 aromatic carbocycles. The van der Waals surface area contributed by atoms with Gasteiger partial charge in [-0.3, -0.25) is 14.4 Å². The zero-order chi connectivity index (χ0) is 20.0. The van der Waals surface area contributed by atoms with E-state index in [0.29, 0.717) is 16.8 Å². The number of carbonyl (C=O) groups excluding carboxylic acids is 2. The lowest BCUT2D eigenvalue weighted by Crippen LogP contribution is -2.42. The quantitative estimate of drug-likeness (QED) is 0.742. The maximum Gasteiger partial charge on any atom is 0.266 e. The number of nitrogens with one attached hydrogen (secondary N) is 2. The molecule has 1 atom stereocenters. The van der Waals surface area contributed by atoms with Crippen LogP contribution in [0.2, 0.25) is 0 Å². The van der Waals surface area contributed by atoms with Gasteiger partial charge in [-0.1, -0.05) is 19.3 Å². The van der Waals surface area contributed by atoms with Gasteiger partial charge in [0.2, 0.25) is 5.91 Å². The SMILES string of the molecule is Cc1[nH]c(=O)c(C#N)c(C)c1CCC(=O)C(C#N)C(=O)NC1CCCCC1. The first-order valence-corrected chi connectivity index (χ1v) is 9.24. The number of aromatic amines is 1. The second-order valence-electron chi connectivity index (χ2n) is 7.04. The number of pyridine rings is 1. The Kier molecular flexibility index (Phi) is 6.90. The minimum absolute atomic E-state index is 0.00505. The molecule has 1 saturated carbocycles. The van der Waals surface area contributed by atoms with Crippen LogP contribution >= 0.6 is 0 Å². The summed E-state index contributed by atoms with van der Waals surface area (Å²) in [6.45, 7) is 3.37. The van der Waals surface area contributed by atoms with Gasteiger partial charge in [0.05, 0.1) is 6.07 Å². The number of aromatic nitrogens is 1. The predicted molar refractivity (Wildman–Crippen MR) is 98.7 cm³/mol. The maximum atomic E-state index is 12.5. The topological polar surface area (TPSA) is 127 Å². The number of rotatable bonds is 6. The molecule has 1 unspecified atom stereocenters. The van der Waals surface area contributed by atoms with Crippen LogP contribution in [0.25, 0.3) is 0 Å². The highest BCUT2D eigenvalue weighted by molar-refractivity contribution is 6.04. The van der Waals surface area contributed by atoms with Crippen molar-refractivity contribution in [3.63, 3.8) is 0 Å². The number of nitriles is 2. The van der Waals surface area contributed by atoms with Gasteiger partial charge < -0.3 is 10.3 Å². The Morgan fingerprint density at radius 2 is 1.89 bits per heavy atom. The smallest absolute Gasteiger partial charge is 0.266 e. The third kappa shape index (κ3) is 4.83. The van der Waals surface area contributed by atoms with Crippen LogP contribution in [0.3, 0.4) is 0 Å². The highest BCUT2D eigenvalue weighted by atomic mass is 16.2. The van der Waals surface area contributed by atoms with Gasteiger partial charge in [0.25, 0.3) is 5.56 Å². The fraction of sp³-hybridized carbons (Fsp3) is 0.550. The van der Waals surface area contributed by atoms with E-state index in [0.717, 1.165) is 32.1 Å². The van der Waals surface area contributed by atoms with Gasteiger partial charge in [-0.25, -0.2) is 0 Å². The summed E-state index contributed by atoms with van der Waals surface area (Å²) in [5.74, 6) is -2.30. The van der Waals surface area contributed by atoms with E-state index >= 15 is 0 Å². The summed E-state index contributed by atoms with van der Waals surface area (Å²) in [5, 5.41) is 21.2. The lowest BCUT2D eigenvalue weighted by Gasteiger charge is -2.23. The molecule has 0 aliphatic heterocycles. The van der Waals surface area contributed by atoms with Crippen LogP contribution in [-0.2, 0) is 16.0 Å². The number of Topliss-reactive ketones (excluding diaryl/α,β-unsaturated/α-hetero) is 1. The van der Waals surface area contributed by atoms with Crippen molar-refractivity contribution < 1.29 is 9.59 Å². The van der Waals surface area contributed by atoms with Crippen molar-refractivity contribution in [1.29, 1.82) is 10.5 Å². The Hall–Kier alpha value is -2.93. The molecule has 0 radical (unpaired) electrons. The van der Waals surface area contributed by atoms with Crippen LogP contribution in [0.15, 0.2) is 4.79 Å². The van der Waals surface area contributed by atoms with Gasteiger partial charge in [-0.05, 0) is 44.2 Å². The van der Waals surface area contributed by atoms with E-state index in [2.05, 4.69) is 10.3 Å². The zero-order valence-corrected chi connectivity index (χ0v) is 15.7. The van der Waals surface area contributed by atoms with E-state index in [4.69, 9.17) is 5.26 Å². The minimum atomic E-state index is -1.33. The Morgan fingerprint density at radius 3 is 2.48 bits per heavy atom. The van der Waals surface area contributed by atoms with Gasteiger partial charge in [0.15, 0.2) is 11.7 Å². The Labute approximate surface area is 158 Å². The minimum Gasteiger partial charge on any atom is -0.352 e. The summed E-state index contributed by atoms with van der Waals surface area (Å²) in [4.78, 5) is 39.2. The molecular weight excluding hydrogens is 344 g/mol. The molecule has 0 saturated heterocycles. The first kappa shape index (κ1) is 20.4. The molecule has 7 heteroatoms. The summed E-state index contributed by atoms with van der Waals surface area (Å²) >= 11 is 0. The van der Waals surface area contributed by atoms with Gasteiger partial charge in [0.1, 0.15) is 11.6 Å². The number of hydrogen-bond donors (Lipinski definition) is 2. The second kappa shape index (κ2) is 9.14. The first-order chi connectivity index (χ1) is 12.9. The van der Waals surface area contributed by atoms with Crippen LogP contribution in [0.4, 0.5) is 0 Å². The van der Waals surface area contributed by atoms with E-state index in [9.17, 15) is 19.6 Å². The third-order valence-corrected chi connectivity index (χ3v) is 5.21. The van der Waals surface area contributed by atoms with Crippen molar-refractivity contribution in [3.05, 3.63) is 32.7 Å². The standard InChI is InChI=1S/C20H24N4O3/c1-12-15(13(2)23-19(26)16(12)10-21)8-9-18(25)17(11-22)20(27)24-14-6-4-3-5-7-14/h14,17H,3-9H2,1-2H3,(H,23,26)(H,24,27). The van der Waals surface area contributed by atoms with E-state index < -0.39 is 23.2 Å². The van der Waals surface area contributed by atoms with Crippen LogP contribution in [0.5, 0.6) is 0 Å². The number of aryl methyl sites for hydroxylation is 1. The lowest BCUT2D eigenvalue weighted by atomic mass is 9.92. The molecule has 7 nitrogen and oxygen atoms in total. The third-order valence-electron chi connectivity index (χ3n) is 5.21. The van der Waals surface area contributed by atoms with Crippen molar-refractivity contribution in [2.75, 3.05) is 0 Å². The molecule has 0 bridgehead atoms. The molecule has 1 aromatic rings. The monoisotopic (exact) mass is 368 g/mol. The molecule has 1 fully saturated rings. The van der Waals surface area contributed by atoms with Crippen molar-refractivity contribution >= 4 is 11.7 Å². The number of hydrogen-bond acceptors (Lipinski definition) is 5. The van der Waals surface area contributed by atoms with E-state index in [-0.39, 0.29) is 24.4 Å². The number of H-pyrrole nitrogens is 1. The number of ketones is 1. The fourth-order valence-electron chi connectivity index (χ4n) is 3.62. The average molecular weight is 368 g/mol. The predicted octanol–water partition coefficient (Wildman–Crippen LogP) is 1.95. The molecule has 1 aromatic heterocycles. The van der Waals surface area contributed by atoms with Crippen LogP contribution in [-0.4, -0.2) is 22.7 Å². The molecular formula is C20H24N4O3. The summed E-state index contributed by atoms with van der Waals surface area (Å²) in [5.41, 5.74) is 1.39. The molecule has 1 amide bonds. The van der Waals surface area contributed by atoms with Crippen molar-refractivity contribution in [3.8, 4) is 12.1 Å². The van der Waals surface area contributed by atoms with E-state index in [1.165, 1.54) is 0 Å². The normalized spacial score (nSPS) is 15.4. The molecule has 142 valence electrons. The average Bonchev–Trinajstić information content (AvgIpc) is 2.63. The fourth-order valence-corrected chi connectivity index (χ4v) is 3.62. The Morgan fingerprint density at radius 1 is 1.22 bits per heavy atom. The van der Waals surface area contributed by atoms with Gasteiger partial charge in [-0.15, -0.1) is 0 Å². The molecule has 1 aliphatic rings. The molecule has 1 heterocycles. The van der Waals surface area contributed by atoms with E-state index in [1.54, 1.807) is 13.8 Å². The van der Waals surface area contributed by atoms with Crippen LogP contribution in [0, 0.1) is 42.4 Å². The van der Waals surface area contributed by atoms with Gasteiger partial charge >= 0.3 is 0 Å². The number of nitrogens with zero attached hydrogens (tertiary/aromatic N) is 2. The Bertz CT molecular complexity index is 867. The Balaban J connectivity index is 2.05.